The van der Waals surface area contributed by atoms with Gasteiger partial charge in [0.05, 0.1) is 6.54 Å². The zero-order chi connectivity index (χ0) is 13.1. The number of likely N-dealkylation sites (N-methyl/N-ethyl adjacent to an activating group) is 1. The first-order valence-corrected chi connectivity index (χ1v) is 5.90. The zero-order valence-corrected chi connectivity index (χ0v) is 10.2. The third-order valence-corrected chi connectivity index (χ3v) is 3.17. The summed E-state index contributed by atoms with van der Waals surface area (Å²) in [6.45, 7) is 0.612. The molecule has 5 heteroatoms. The molecule has 0 saturated heterocycles. The number of hydrogen-bond acceptors (Lipinski definition) is 3. The summed E-state index contributed by atoms with van der Waals surface area (Å²) in [5.41, 5.74) is 1.74. The molecule has 96 valence electrons. The molecule has 2 N–H and O–H groups in total. The number of nitrogens with zero attached hydrogens (tertiary/aromatic N) is 1. The summed E-state index contributed by atoms with van der Waals surface area (Å²) in [6, 6.07) is 6.54. The van der Waals surface area contributed by atoms with Crippen LogP contribution in [0.4, 0.5) is 0 Å². The summed E-state index contributed by atoms with van der Waals surface area (Å²) in [4.78, 5) is 24.8. The van der Waals surface area contributed by atoms with Gasteiger partial charge in [0, 0.05) is 6.54 Å². The predicted octanol–water partition coefficient (Wildman–Crippen LogP) is 0.416. The maximum Gasteiger partial charge on any atom is 0.331 e. The van der Waals surface area contributed by atoms with E-state index in [4.69, 9.17) is 0 Å². The second-order valence-corrected chi connectivity index (χ2v) is 4.31. The van der Waals surface area contributed by atoms with Gasteiger partial charge in [-0.05, 0) is 24.6 Å². The molecule has 1 aromatic carbocycles. The largest absolute Gasteiger partial charge is 0.479 e. The fourth-order valence-corrected chi connectivity index (χ4v) is 2.35. The molecule has 0 aliphatic carbocycles. The van der Waals surface area contributed by atoms with Crippen LogP contribution in [0.5, 0.6) is 0 Å². The van der Waals surface area contributed by atoms with Crippen LogP contribution < -0.4 is 5.32 Å². The van der Waals surface area contributed by atoms with Crippen molar-refractivity contribution < 1.29 is 14.7 Å². The lowest BCUT2D eigenvalue weighted by Crippen LogP contribution is -2.46. The van der Waals surface area contributed by atoms with Crippen molar-refractivity contribution in [1.82, 2.24) is 10.2 Å². The Labute approximate surface area is 105 Å². The van der Waals surface area contributed by atoms with Gasteiger partial charge in [0.2, 0.25) is 5.91 Å². The smallest absolute Gasteiger partial charge is 0.331 e. The van der Waals surface area contributed by atoms with Crippen LogP contribution in [0, 0.1) is 0 Å². The van der Waals surface area contributed by atoms with Crippen molar-refractivity contribution in [2.24, 2.45) is 0 Å². The first-order valence-electron chi connectivity index (χ1n) is 5.90. The average molecular weight is 248 g/mol. The molecular weight excluding hydrogens is 232 g/mol. The zero-order valence-electron chi connectivity index (χ0n) is 10.2. The Morgan fingerprint density at radius 3 is 2.83 bits per heavy atom. The van der Waals surface area contributed by atoms with Crippen molar-refractivity contribution in [2.45, 2.75) is 12.5 Å². The molecule has 1 heterocycles. The van der Waals surface area contributed by atoms with Crippen LogP contribution in [0.25, 0.3) is 0 Å². The fraction of sp³-hybridized carbons (Fsp3) is 0.385. The molecule has 1 unspecified atom stereocenters. The number of aliphatic carboxylic acids is 1. The molecule has 0 bridgehead atoms. The number of carbonyl (C=O) groups is 2. The van der Waals surface area contributed by atoms with E-state index in [1.165, 1.54) is 4.90 Å². The number of fused-ring (bicyclic) bond motifs is 1. The highest BCUT2D eigenvalue weighted by Crippen LogP contribution is 2.29. The molecule has 0 saturated carbocycles. The Morgan fingerprint density at radius 1 is 1.44 bits per heavy atom. The van der Waals surface area contributed by atoms with Gasteiger partial charge >= 0.3 is 5.97 Å². The van der Waals surface area contributed by atoms with Crippen LogP contribution in [-0.2, 0) is 16.0 Å². The van der Waals surface area contributed by atoms with Crippen molar-refractivity contribution in [3.05, 3.63) is 35.4 Å². The third kappa shape index (κ3) is 2.22. The molecule has 1 aliphatic rings. The number of carbonyl (C=O) groups excluding carboxylic acids is 1. The maximum absolute atomic E-state index is 11.9. The van der Waals surface area contributed by atoms with Crippen molar-refractivity contribution in [1.29, 1.82) is 0 Å². The highest BCUT2D eigenvalue weighted by Gasteiger charge is 2.35. The van der Waals surface area contributed by atoms with Gasteiger partial charge < -0.3 is 15.3 Å². The number of amides is 1. The Morgan fingerprint density at radius 2 is 2.17 bits per heavy atom. The Kier molecular flexibility index (Phi) is 3.62. The Bertz CT molecular complexity index is 473. The summed E-state index contributed by atoms with van der Waals surface area (Å²) in [7, 11) is 1.67. The maximum atomic E-state index is 11.9. The van der Waals surface area contributed by atoms with Crippen molar-refractivity contribution >= 4 is 11.9 Å². The van der Waals surface area contributed by atoms with Crippen LogP contribution in [0.15, 0.2) is 24.3 Å². The van der Waals surface area contributed by atoms with E-state index < -0.39 is 12.0 Å². The van der Waals surface area contributed by atoms with E-state index in [0.29, 0.717) is 13.0 Å². The second-order valence-electron chi connectivity index (χ2n) is 4.31. The lowest BCUT2D eigenvalue weighted by atomic mass is 9.92. The highest BCUT2D eigenvalue weighted by atomic mass is 16.4. The Balaban J connectivity index is 2.35. The summed E-state index contributed by atoms with van der Waals surface area (Å²) < 4.78 is 0. The third-order valence-electron chi connectivity index (χ3n) is 3.17. The van der Waals surface area contributed by atoms with Gasteiger partial charge in [0.1, 0.15) is 0 Å². The van der Waals surface area contributed by atoms with Gasteiger partial charge in [-0.15, -0.1) is 0 Å². The van der Waals surface area contributed by atoms with Crippen molar-refractivity contribution in [3.63, 3.8) is 0 Å². The summed E-state index contributed by atoms with van der Waals surface area (Å²) >= 11 is 0. The minimum Gasteiger partial charge on any atom is -0.479 e. The van der Waals surface area contributed by atoms with E-state index >= 15 is 0 Å². The molecule has 1 amide bonds. The minimum absolute atomic E-state index is 0.159. The molecule has 18 heavy (non-hydrogen) atoms. The molecule has 0 spiro atoms. The second kappa shape index (κ2) is 5.18. The fourth-order valence-electron chi connectivity index (χ4n) is 2.35. The van der Waals surface area contributed by atoms with E-state index in [2.05, 4.69) is 5.32 Å². The van der Waals surface area contributed by atoms with Crippen LogP contribution >= 0.6 is 0 Å². The van der Waals surface area contributed by atoms with Crippen LogP contribution in [-0.4, -0.2) is 42.0 Å². The van der Waals surface area contributed by atoms with E-state index in [1.54, 1.807) is 19.2 Å². The van der Waals surface area contributed by atoms with Gasteiger partial charge in [-0.3, -0.25) is 4.79 Å². The van der Waals surface area contributed by atoms with E-state index in [0.717, 1.165) is 11.1 Å². The molecule has 0 fully saturated rings. The van der Waals surface area contributed by atoms with E-state index in [-0.39, 0.29) is 12.5 Å². The highest BCUT2D eigenvalue weighted by molar-refractivity contribution is 5.86. The number of carboxylic acid groups (broad SMARTS) is 1. The normalized spacial score (nSPS) is 18.3. The molecule has 1 aliphatic heterocycles. The topological polar surface area (TPSA) is 69.6 Å². The molecule has 0 radical (unpaired) electrons. The van der Waals surface area contributed by atoms with Gasteiger partial charge in [0.25, 0.3) is 0 Å². The van der Waals surface area contributed by atoms with E-state index in [1.807, 2.05) is 12.1 Å². The molecule has 2 rings (SSSR count). The van der Waals surface area contributed by atoms with Gasteiger partial charge in [-0.25, -0.2) is 4.79 Å². The molecule has 1 atom stereocenters. The quantitative estimate of drug-likeness (QED) is 0.813. The first-order chi connectivity index (χ1) is 8.65. The Hall–Kier alpha value is -1.88. The minimum atomic E-state index is -0.980. The summed E-state index contributed by atoms with van der Waals surface area (Å²) in [5.74, 6) is -1.16. The van der Waals surface area contributed by atoms with Crippen LogP contribution in [0.3, 0.4) is 0 Å². The molecule has 5 nitrogen and oxygen atoms in total. The molecular formula is C13H16N2O3. The lowest BCUT2D eigenvalue weighted by molar-refractivity contribution is -0.150. The number of benzene rings is 1. The van der Waals surface area contributed by atoms with Crippen LogP contribution in [0.1, 0.15) is 17.2 Å². The summed E-state index contributed by atoms with van der Waals surface area (Å²) in [6.07, 6.45) is 0.704. The lowest BCUT2D eigenvalue weighted by Gasteiger charge is -2.34. The van der Waals surface area contributed by atoms with Gasteiger partial charge in [0.15, 0.2) is 6.04 Å². The van der Waals surface area contributed by atoms with E-state index in [9.17, 15) is 14.7 Å². The molecule has 0 aromatic heterocycles. The summed E-state index contributed by atoms with van der Waals surface area (Å²) in [5, 5.41) is 12.1. The standard InChI is InChI=1S/C13H16N2O3/c1-14-8-11(16)15-7-6-9-4-2-3-5-10(9)12(15)13(17)18/h2-5,12,14H,6-8H2,1H3,(H,17,18). The van der Waals surface area contributed by atoms with Crippen LogP contribution in [0.2, 0.25) is 0 Å². The molecule has 1 aromatic rings. The number of hydrogen-bond donors (Lipinski definition) is 2. The monoisotopic (exact) mass is 248 g/mol. The first kappa shape index (κ1) is 12.6. The van der Waals surface area contributed by atoms with Gasteiger partial charge in [-0.1, -0.05) is 24.3 Å². The number of nitrogens with one attached hydrogen (secondary N) is 1. The number of rotatable bonds is 3. The van der Waals surface area contributed by atoms with Gasteiger partial charge in [-0.2, -0.15) is 0 Å². The van der Waals surface area contributed by atoms with Crippen molar-refractivity contribution in [3.8, 4) is 0 Å². The number of carboxylic acids is 1. The SMILES string of the molecule is CNCC(=O)N1CCc2ccccc2C1C(=O)O. The average Bonchev–Trinajstić information content (AvgIpc) is 2.37. The predicted molar refractivity (Wildman–Crippen MR) is 66.2 cm³/mol. The van der Waals surface area contributed by atoms with Crippen molar-refractivity contribution in [2.75, 3.05) is 20.1 Å².